The number of hydrogen-bond acceptors (Lipinski definition) is 3. The van der Waals surface area contributed by atoms with Crippen LogP contribution in [-0.2, 0) is 29.0 Å². The minimum absolute atomic E-state index is 0.0211. The Kier molecular flexibility index (Phi) is 6.58. The summed E-state index contributed by atoms with van der Waals surface area (Å²) < 4.78 is 0. The van der Waals surface area contributed by atoms with Crippen LogP contribution in [0.15, 0.2) is 48.5 Å². The molecule has 2 aromatic carbocycles. The molecule has 6 nitrogen and oxygen atoms in total. The average Bonchev–Trinajstić information content (AvgIpc) is 2.82. The Balaban J connectivity index is 1.62. The minimum atomic E-state index is -0.943. The number of hydrogen-bond donors (Lipinski definition) is 3. The van der Waals surface area contributed by atoms with E-state index in [1.807, 2.05) is 48.5 Å². The van der Waals surface area contributed by atoms with Crippen molar-refractivity contribution in [1.82, 2.24) is 4.90 Å². The van der Waals surface area contributed by atoms with Crippen LogP contribution in [0.2, 0.25) is 0 Å². The van der Waals surface area contributed by atoms with Crippen molar-refractivity contribution >= 4 is 17.7 Å². The summed E-state index contributed by atoms with van der Waals surface area (Å²) in [6, 6.07) is 14.5. The molecule has 1 heterocycles. The molecule has 0 radical (unpaired) electrons. The Labute approximate surface area is 188 Å². The largest absolute Gasteiger partial charge is 0.480 e. The second-order valence-corrected chi connectivity index (χ2v) is 9.11. The fourth-order valence-electron chi connectivity index (χ4n) is 5.25. The van der Waals surface area contributed by atoms with E-state index in [9.17, 15) is 14.7 Å². The second kappa shape index (κ2) is 9.55. The van der Waals surface area contributed by atoms with Crippen molar-refractivity contribution in [3.63, 3.8) is 0 Å². The van der Waals surface area contributed by atoms with Crippen LogP contribution in [0.3, 0.4) is 0 Å². The lowest BCUT2D eigenvalue weighted by Crippen LogP contribution is -2.52. The molecule has 4 rings (SSSR count). The highest BCUT2D eigenvalue weighted by atomic mass is 16.4. The van der Waals surface area contributed by atoms with Gasteiger partial charge in [-0.25, -0.2) is 4.79 Å². The SMILES string of the molecule is N=C(N)c1ccc(C[C@@H](C(=O)N2Cc3ccccc3C[C@H]2C(=O)O)C2CCCCC2)cc1. The molecule has 168 valence electrons. The smallest absolute Gasteiger partial charge is 0.326 e. The first-order valence-electron chi connectivity index (χ1n) is 11.5. The summed E-state index contributed by atoms with van der Waals surface area (Å²) >= 11 is 0. The summed E-state index contributed by atoms with van der Waals surface area (Å²) in [4.78, 5) is 27.6. The maximum Gasteiger partial charge on any atom is 0.326 e. The third kappa shape index (κ3) is 4.69. The van der Waals surface area contributed by atoms with E-state index in [1.54, 1.807) is 4.90 Å². The Bertz CT molecular complexity index is 996. The number of fused-ring (bicyclic) bond motifs is 1. The molecule has 0 bridgehead atoms. The highest BCUT2D eigenvalue weighted by molar-refractivity contribution is 5.94. The number of nitrogens with one attached hydrogen (secondary N) is 1. The zero-order chi connectivity index (χ0) is 22.7. The topological polar surface area (TPSA) is 107 Å². The van der Waals surface area contributed by atoms with Gasteiger partial charge in [-0.05, 0) is 41.9 Å². The van der Waals surface area contributed by atoms with Crippen molar-refractivity contribution in [3.05, 3.63) is 70.8 Å². The number of carbonyl (C=O) groups is 2. The number of rotatable bonds is 6. The summed E-state index contributed by atoms with van der Waals surface area (Å²) in [5.41, 5.74) is 9.30. The molecule has 1 aliphatic carbocycles. The van der Waals surface area contributed by atoms with Gasteiger partial charge in [0.05, 0.1) is 0 Å². The van der Waals surface area contributed by atoms with Gasteiger partial charge in [0.25, 0.3) is 0 Å². The van der Waals surface area contributed by atoms with E-state index >= 15 is 0 Å². The van der Waals surface area contributed by atoms with E-state index in [1.165, 1.54) is 6.42 Å². The van der Waals surface area contributed by atoms with Crippen LogP contribution in [0.4, 0.5) is 0 Å². The van der Waals surface area contributed by atoms with Crippen molar-refractivity contribution in [3.8, 4) is 0 Å². The van der Waals surface area contributed by atoms with Crippen LogP contribution >= 0.6 is 0 Å². The molecule has 6 heteroatoms. The first-order chi connectivity index (χ1) is 15.4. The average molecular weight is 434 g/mol. The Morgan fingerprint density at radius 1 is 1.03 bits per heavy atom. The van der Waals surface area contributed by atoms with Crippen molar-refractivity contribution in [1.29, 1.82) is 5.41 Å². The number of aliphatic carboxylic acids is 1. The molecule has 2 aromatic rings. The van der Waals surface area contributed by atoms with Crippen LogP contribution in [0.25, 0.3) is 0 Å². The van der Waals surface area contributed by atoms with Gasteiger partial charge in [-0.2, -0.15) is 0 Å². The van der Waals surface area contributed by atoms with Gasteiger partial charge in [-0.1, -0.05) is 67.8 Å². The van der Waals surface area contributed by atoms with Gasteiger partial charge in [-0.15, -0.1) is 0 Å². The quantitative estimate of drug-likeness (QED) is 0.476. The van der Waals surface area contributed by atoms with Gasteiger partial charge in [0.1, 0.15) is 11.9 Å². The molecule has 4 N–H and O–H groups in total. The highest BCUT2D eigenvalue weighted by Crippen LogP contribution is 2.35. The van der Waals surface area contributed by atoms with Crippen LogP contribution in [0.5, 0.6) is 0 Å². The zero-order valence-electron chi connectivity index (χ0n) is 18.3. The summed E-state index contributed by atoms with van der Waals surface area (Å²) in [6.45, 7) is 0.346. The standard InChI is InChI=1S/C26H31N3O3/c27-24(28)19-12-10-17(11-13-19)14-22(18-6-2-1-3-7-18)25(30)29-16-21-9-5-4-8-20(21)15-23(29)26(31)32/h4-5,8-13,18,22-23H,1-3,6-7,14-16H2,(H3,27,28)(H,31,32)/t22-,23+/m1/s1. The number of nitrogens with two attached hydrogens (primary N) is 1. The molecule has 0 spiro atoms. The van der Waals surface area contributed by atoms with Gasteiger partial charge in [0, 0.05) is 24.4 Å². The number of nitrogen functional groups attached to an aromatic ring is 1. The molecule has 2 atom stereocenters. The van der Waals surface area contributed by atoms with Gasteiger partial charge in [0.15, 0.2) is 0 Å². The zero-order valence-corrected chi connectivity index (χ0v) is 18.3. The van der Waals surface area contributed by atoms with E-state index in [4.69, 9.17) is 11.1 Å². The number of nitrogens with zero attached hydrogens (tertiary/aromatic N) is 1. The molecule has 0 saturated heterocycles. The fourth-order valence-corrected chi connectivity index (χ4v) is 5.25. The lowest BCUT2D eigenvalue weighted by atomic mass is 9.76. The predicted octanol–water partition coefficient (Wildman–Crippen LogP) is 3.75. The van der Waals surface area contributed by atoms with E-state index in [0.717, 1.165) is 42.4 Å². The molecular weight excluding hydrogens is 402 g/mol. The summed E-state index contributed by atoms with van der Waals surface area (Å²) in [6.07, 6.45) is 6.35. The van der Waals surface area contributed by atoms with E-state index in [0.29, 0.717) is 24.9 Å². The van der Waals surface area contributed by atoms with Gasteiger partial charge in [-0.3, -0.25) is 10.2 Å². The lowest BCUT2D eigenvalue weighted by molar-refractivity contribution is -0.154. The Hall–Kier alpha value is -3.15. The lowest BCUT2D eigenvalue weighted by Gasteiger charge is -2.39. The molecule has 32 heavy (non-hydrogen) atoms. The van der Waals surface area contributed by atoms with Crippen LogP contribution in [0, 0.1) is 17.2 Å². The Morgan fingerprint density at radius 2 is 1.69 bits per heavy atom. The molecule has 1 aliphatic heterocycles. The normalized spacial score (nSPS) is 19.8. The summed E-state index contributed by atoms with van der Waals surface area (Å²) in [7, 11) is 0. The number of amidine groups is 1. The van der Waals surface area contributed by atoms with Gasteiger partial charge >= 0.3 is 5.97 Å². The van der Waals surface area contributed by atoms with Crippen molar-refractivity contribution in [2.24, 2.45) is 17.6 Å². The highest BCUT2D eigenvalue weighted by Gasteiger charge is 2.40. The van der Waals surface area contributed by atoms with Gasteiger partial charge < -0.3 is 15.7 Å². The number of carbonyl (C=O) groups excluding carboxylic acids is 1. The second-order valence-electron chi connectivity index (χ2n) is 9.11. The number of amides is 1. The maximum absolute atomic E-state index is 13.9. The molecule has 2 aliphatic rings. The predicted molar refractivity (Wildman–Crippen MR) is 123 cm³/mol. The monoisotopic (exact) mass is 433 g/mol. The van der Waals surface area contributed by atoms with Crippen molar-refractivity contribution in [2.45, 2.75) is 57.5 Å². The number of carboxylic acids is 1. The minimum Gasteiger partial charge on any atom is -0.480 e. The van der Waals surface area contributed by atoms with Crippen molar-refractivity contribution in [2.75, 3.05) is 0 Å². The van der Waals surface area contributed by atoms with Crippen molar-refractivity contribution < 1.29 is 14.7 Å². The molecule has 1 saturated carbocycles. The van der Waals surface area contributed by atoms with Crippen LogP contribution in [-0.4, -0.2) is 33.8 Å². The van der Waals surface area contributed by atoms with E-state index in [2.05, 4.69) is 0 Å². The molecule has 1 amide bonds. The number of benzene rings is 2. The Morgan fingerprint density at radius 3 is 2.31 bits per heavy atom. The van der Waals surface area contributed by atoms with E-state index < -0.39 is 12.0 Å². The van der Waals surface area contributed by atoms with Crippen LogP contribution < -0.4 is 5.73 Å². The van der Waals surface area contributed by atoms with Crippen LogP contribution in [0.1, 0.15) is 54.4 Å². The third-order valence-corrected chi connectivity index (χ3v) is 7.07. The third-order valence-electron chi connectivity index (χ3n) is 7.07. The molecule has 0 unspecified atom stereocenters. The number of carboxylic acid groups (broad SMARTS) is 1. The van der Waals surface area contributed by atoms with Gasteiger partial charge in [0.2, 0.25) is 5.91 Å². The molecular formula is C26H31N3O3. The molecule has 0 aromatic heterocycles. The first kappa shape index (κ1) is 22.1. The first-order valence-corrected chi connectivity index (χ1v) is 11.5. The molecule has 1 fully saturated rings. The maximum atomic E-state index is 13.9. The summed E-state index contributed by atoms with van der Waals surface area (Å²) in [5, 5.41) is 17.5. The summed E-state index contributed by atoms with van der Waals surface area (Å²) in [5.74, 6) is -0.954. The van der Waals surface area contributed by atoms with E-state index in [-0.39, 0.29) is 23.6 Å². The fraction of sp³-hybridized carbons (Fsp3) is 0.423.